The van der Waals surface area contributed by atoms with Gasteiger partial charge in [-0.1, -0.05) is 0 Å². The van der Waals surface area contributed by atoms with E-state index in [2.05, 4.69) is 148 Å². The normalized spacial score (nSPS) is 14.1. The van der Waals surface area contributed by atoms with Crippen molar-refractivity contribution in [1.82, 2.24) is 3.30 Å². The summed E-state index contributed by atoms with van der Waals surface area (Å²) in [5.41, 5.74) is 5.99. The Balaban J connectivity index is 0.00000200. The molecule has 0 amide bonds. The van der Waals surface area contributed by atoms with Crippen molar-refractivity contribution in [1.29, 1.82) is 0 Å². The van der Waals surface area contributed by atoms with Crippen LogP contribution in [0.15, 0.2) is 103 Å². The molecule has 1 N–H and O–H groups in total. The van der Waals surface area contributed by atoms with Crippen molar-refractivity contribution in [2.75, 3.05) is 0 Å². The van der Waals surface area contributed by atoms with Gasteiger partial charge in [0.2, 0.25) is 0 Å². The summed E-state index contributed by atoms with van der Waals surface area (Å²) in [6.07, 6.45) is 1.05. The molecule has 0 saturated heterocycles. The van der Waals surface area contributed by atoms with Crippen molar-refractivity contribution in [2.45, 2.75) is 56.7 Å². The average molecular weight is 729 g/mol. The molecule has 1 unspecified atom stereocenters. The van der Waals surface area contributed by atoms with Gasteiger partial charge in [0.05, 0.1) is 0 Å². The molecular weight excluding hydrogens is 688 g/mol. The Hall–Kier alpha value is -1.49. The third-order valence-electron chi connectivity index (χ3n) is 7.73. The summed E-state index contributed by atoms with van der Waals surface area (Å²) in [6.45, 7) is 14.8. The Bertz CT molecular complexity index is 1320. The Kier molecular flexibility index (Phi) is 9.75. The first kappa shape index (κ1) is 31.0. The van der Waals surface area contributed by atoms with Crippen LogP contribution in [-0.4, -0.2) is 11.5 Å². The number of benzene rings is 4. The van der Waals surface area contributed by atoms with Gasteiger partial charge in [-0.2, -0.15) is 0 Å². The molecule has 0 spiro atoms. The van der Waals surface area contributed by atoms with Crippen LogP contribution < -0.4 is 17.0 Å². The predicted molar refractivity (Wildman–Crippen MR) is 171 cm³/mol. The fourth-order valence-corrected chi connectivity index (χ4v) is 58.1. The Labute approximate surface area is 247 Å². The smallest absolute Gasteiger partial charge is 0.147 e. The maximum absolute atomic E-state index is 4.56. The van der Waals surface area contributed by atoms with E-state index in [1.165, 1.54) is 16.7 Å². The van der Waals surface area contributed by atoms with Gasteiger partial charge < -0.3 is 0 Å². The zero-order valence-electron chi connectivity index (χ0n) is 23.4. The van der Waals surface area contributed by atoms with Crippen molar-refractivity contribution >= 4 is 44.5 Å². The van der Waals surface area contributed by atoms with Crippen LogP contribution in [0, 0.1) is 0 Å². The van der Waals surface area contributed by atoms with Crippen LogP contribution in [0.25, 0.3) is 11.1 Å². The van der Waals surface area contributed by atoms with Crippen molar-refractivity contribution in [2.24, 2.45) is 0 Å². The summed E-state index contributed by atoms with van der Waals surface area (Å²) in [5, 5.41) is 3.15. The van der Waals surface area contributed by atoms with Gasteiger partial charge in [0.25, 0.3) is 0 Å². The zero-order chi connectivity index (χ0) is 25.6. The summed E-state index contributed by atoms with van der Waals surface area (Å²) >= 11 is -3.74. The first-order chi connectivity index (χ1) is 17.1. The molecular formula is C33H41Cl2HfNSi. The predicted octanol–water partition coefficient (Wildman–Crippen LogP) is 6.94. The molecule has 0 aliphatic heterocycles. The van der Waals surface area contributed by atoms with E-state index < -0.39 is 25.4 Å². The van der Waals surface area contributed by atoms with Gasteiger partial charge in [0.15, 0.2) is 0 Å². The largest absolute Gasteiger partial charge is 0.147 e. The molecule has 0 heterocycles. The van der Waals surface area contributed by atoms with Crippen LogP contribution in [0.3, 0.4) is 0 Å². The van der Waals surface area contributed by atoms with Gasteiger partial charge in [-0.05, 0) is 0 Å². The fourth-order valence-electron chi connectivity index (χ4n) is 6.42. The van der Waals surface area contributed by atoms with E-state index in [4.69, 9.17) is 0 Å². The van der Waals surface area contributed by atoms with Gasteiger partial charge in [-0.3, -0.25) is 0 Å². The molecule has 0 aromatic heterocycles. The second-order valence-electron chi connectivity index (χ2n) is 12.4. The number of hydrogen-bond acceptors (Lipinski definition) is 1. The summed E-state index contributed by atoms with van der Waals surface area (Å²) in [4.78, 5) is 0. The molecule has 0 fully saturated rings. The monoisotopic (exact) mass is 729 g/mol. The minimum absolute atomic E-state index is 0. The number of halogens is 2. The molecule has 0 saturated carbocycles. The van der Waals surface area contributed by atoms with Crippen molar-refractivity contribution in [3.05, 3.63) is 114 Å². The second-order valence-corrected chi connectivity index (χ2v) is 41.9. The van der Waals surface area contributed by atoms with E-state index in [1.54, 1.807) is 19.3 Å². The quantitative estimate of drug-likeness (QED) is 0.194. The standard InChI is InChI=1S/C13H9.C12H11Si.C4H10N.C4H9.2ClH.Hf/c1-3-7-12-10(5-1)9-11-6-2-4-8-13(11)12;1-3-7-11(8-4-1)13-12-9-5-2-6-10-12;1-4(2,3)5;1-4(2)3;;;/h1-5,7-8H,9H2;1-10,13H;5H,1-3H3;1-3H3;2*1H;/q;;-1;;;;+1. The maximum atomic E-state index is 4.56. The summed E-state index contributed by atoms with van der Waals surface area (Å²) in [5.74, 6) is -1.67. The topological polar surface area (TPSA) is 12.0 Å². The molecule has 5 rings (SSSR count). The van der Waals surface area contributed by atoms with Gasteiger partial charge in [-0.25, -0.2) is 0 Å². The molecule has 4 aromatic carbocycles. The number of fused-ring (bicyclic) bond motifs is 3. The maximum Gasteiger partial charge on any atom is -0.147 e. The molecule has 1 atom stereocenters. The van der Waals surface area contributed by atoms with Gasteiger partial charge in [0, 0.05) is 0 Å². The Morgan fingerprint density at radius 3 is 1.63 bits per heavy atom. The molecule has 1 nitrogen and oxygen atoms in total. The van der Waals surface area contributed by atoms with Crippen LogP contribution in [0.2, 0.25) is 3.17 Å². The van der Waals surface area contributed by atoms with Crippen LogP contribution in [-0.2, 0) is 25.8 Å². The number of hydrogen-bond donors (Lipinski definition) is 1. The van der Waals surface area contributed by atoms with Crippen molar-refractivity contribution < 1.29 is 19.4 Å². The zero-order valence-corrected chi connectivity index (χ0v) is 29.8. The van der Waals surface area contributed by atoms with Crippen molar-refractivity contribution in [3.63, 3.8) is 0 Å². The summed E-state index contributed by atoms with van der Waals surface area (Å²) in [7, 11) is 0. The molecule has 0 radical (unpaired) electrons. The summed E-state index contributed by atoms with van der Waals surface area (Å²) in [6, 6.07) is 39.3. The van der Waals surface area contributed by atoms with E-state index in [0.717, 1.165) is 6.42 Å². The van der Waals surface area contributed by atoms with E-state index >= 15 is 0 Å². The van der Waals surface area contributed by atoms with Crippen LogP contribution in [0.1, 0.15) is 52.7 Å². The molecule has 1 aliphatic rings. The second kappa shape index (κ2) is 11.9. The van der Waals surface area contributed by atoms with E-state index in [-0.39, 0.29) is 33.5 Å². The van der Waals surface area contributed by atoms with E-state index in [0.29, 0.717) is 0 Å². The van der Waals surface area contributed by atoms with Crippen molar-refractivity contribution in [3.8, 4) is 11.1 Å². The van der Waals surface area contributed by atoms with Gasteiger partial charge >= 0.3 is 224 Å². The van der Waals surface area contributed by atoms with Crippen LogP contribution in [0.4, 0.5) is 0 Å². The van der Waals surface area contributed by atoms with E-state index in [1.807, 2.05) is 0 Å². The third-order valence-corrected chi connectivity index (χ3v) is 55.4. The van der Waals surface area contributed by atoms with Gasteiger partial charge in [-0.15, -0.1) is 24.8 Å². The molecule has 200 valence electrons. The van der Waals surface area contributed by atoms with Crippen LogP contribution >= 0.6 is 24.8 Å². The minimum Gasteiger partial charge on any atom is -0.147 e. The molecule has 4 aromatic rings. The third kappa shape index (κ3) is 5.69. The van der Waals surface area contributed by atoms with Gasteiger partial charge in [0.1, 0.15) is 0 Å². The van der Waals surface area contributed by atoms with E-state index in [9.17, 15) is 0 Å². The Morgan fingerprint density at radius 2 is 1.11 bits per heavy atom. The first-order valence-corrected chi connectivity index (χ1v) is 26.6. The summed E-state index contributed by atoms with van der Waals surface area (Å²) < 4.78 is 6.43. The number of nitrogens with one attached hydrogen (secondary N) is 1. The minimum atomic E-state index is -3.74. The number of rotatable bonds is 5. The molecule has 1 aliphatic carbocycles. The SMILES string of the molecule is CC(C)(C)[NH][Hf]([c]1cccc2c1Cc1ccccc1-2)([SiH](c1ccccc1)c1ccccc1)[C](C)(C)C.Cl.Cl. The molecule has 5 heteroatoms. The fraction of sp³-hybridized carbons (Fsp3) is 0.273. The molecule has 38 heavy (non-hydrogen) atoms. The first-order valence-electron chi connectivity index (χ1n) is 13.2. The molecule has 0 bridgehead atoms. The average Bonchev–Trinajstić information content (AvgIpc) is 3.22. The van der Waals surface area contributed by atoms with Crippen LogP contribution in [0.5, 0.6) is 0 Å². The Morgan fingerprint density at radius 1 is 0.605 bits per heavy atom.